The third-order valence-electron chi connectivity index (χ3n) is 3.84. The van der Waals surface area contributed by atoms with Gasteiger partial charge in [-0.3, -0.25) is 4.79 Å². The first kappa shape index (κ1) is 14.1. The quantitative estimate of drug-likeness (QED) is 0.608. The lowest BCUT2D eigenvalue weighted by molar-refractivity contribution is 0.102. The van der Waals surface area contributed by atoms with Crippen molar-refractivity contribution in [1.29, 1.82) is 0 Å². The summed E-state index contributed by atoms with van der Waals surface area (Å²) in [6.07, 6.45) is 1.85. The van der Waals surface area contributed by atoms with E-state index >= 15 is 0 Å². The lowest BCUT2D eigenvalue weighted by Crippen LogP contribution is -2.11. The summed E-state index contributed by atoms with van der Waals surface area (Å²) in [4.78, 5) is 15.5. The molecular formula is C17H14N6O. The van der Waals surface area contributed by atoms with E-state index in [-0.39, 0.29) is 5.91 Å². The van der Waals surface area contributed by atoms with Gasteiger partial charge in [-0.15, -0.1) is 5.10 Å². The molecule has 4 rings (SSSR count). The van der Waals surface area contributed by atoms with Crippen molar-refractivity contribution in [3.05, 3.63) is 60.3 Å². The van der Waals surface area contributed by atoms with E-state index in [2.05, 4.69) is 25.8 Å². The Hall–Kier alpha value is -3.48. The third kappa shape index (κ3) is 2.52. The zero-order valence-corrected chi connectivity index (χ0v) is 12.9. The van der Waals surface area contributed by atoms with Gasteiger partial charge in [-0.25, -0.2) is 4.68 Å². The SMILES string of the molecule is Cn1nnnc1-c1ccc(NC(=O)c2ccc3cc[nH]c3c2)cc1. The Bertz CT molecular complexity index is 1010. The van der Waals surface area contributed by atoms with Crippen molar-refractivity contribution < 1.29 is 4.79 Å². The van der Waals surface area contributed by atoms with E-state index in [0.717, 1.165) is 16.5 Å². The Balaban J connectivity index is 1.54. The number of hydrogen-bond acceptors (Lipinski definition) is 4. The number of tetrazole rings is 1. The minimum absolute atomic E-state index is 0.153. The molecule has 0 spiro atoms. The van der Waals surface area contributed by atoms with Crippen LogP contribution < -0.4 is 5.32 Å². The molecule has 0 aliphatic heterocycles. The van der Waals surface area contributed by atoms with Crippen LogP contribution in [0.25, 0.3) is 22.3 Å². The predicted molar refractivity (Wildman–Crippen MR) is 90.5 cm³/mol. The molecule has 0 bridgehead atoms. The molecule has 0 saturated heterocycles. The average Bonchev–Trinajstić information content (AvgIpc) is 3.23. The molecule has 0 aliphatic rings. The lowest BCUT2D eigenvalue weighted by Gasteiger charge is -2.06. The number of aryl methyl sites for hydroxylation is 1. The van der Waals surface area contributed by atoms with Gasteiger partial charge in [-0.2, -0.15) is 0 Å². The van der Waals surface area contributed by atoms with Crippen LogP contribution in [0.2, 0.25) is 0 Å². The van der Waals surface area contributed by atoms with Gasteiger partial charge in [-0.1, -0.05) is 6.07 Å². The fraction of sp³-hybridized carbons (Fsp3) is 0.0588. The molecule has 0 unspecified atom stereocenters. The average molecular weight is 318 g/mol. The van der Waals surface area contributed by atoms with Crippen molar-refractivity contribution in [1.82, 2.24) is 25.2 Å². The number of aromatic amines is 1. The summed E-state index contributed by atoms with van der Waals surface area (Å²) in [6.45, 7) is 0. The fourth-order valence-electron chi connectivity index (χ4n) is 2.57. The van der Waals surface area contributed by atoms with E-state index in [0.29, 0.717) is 17.1 Å². The minimum Gasteiger partial charge on any atom is -0.361 e. The highest BCUT2D eigenvalue weighted by atomic mass is 16.1. The number of benzene rings is 2. The summed E-state index contributed by atoms with van der Waals surface area (Å²) in [5, 5.41) is 15.4. The number of H-pyrrole nitrogens is 1. The highest BCUT2D eigenvalue weighted by Gasteiger charge is 2.09. The van der Waals surface area contributed by atoms with Crippen molar-refractivity contribution in [2.75, 3.05) is 5.32 Å². The van der Waals surface area contributed by atoms with E-state index in [9.17, 15) is 4.79 Å². The van der Waals surface area contributed by atoms with Gasteiger partial charge in [0, 0.05) is 35.6 Å². The lowest BCUT2D eigenvalue weighted by atomic mass is 10.1. The Labute approximate surface area is 137 Å². The number of nitrogens with zero attached hydrogens (tertiary/aromatic N) is 4. The standard InChI is InChI=1S/C17H14N6O/c1-23-16(20-21-22-23)12-4-6-14(7-5-12)19-17(24)13-3-2-11-8-9-18-15(11)10-13/h2-10,18H,1H3,(H,19,24). The van der Waals surface area contributed by atoms with Crippen LogP contribution in [-0.2, 0) is 7.05 Å². The zero-order chi connectivity index (χ0) is 16.5. The summed E-state index contributed by atoms with van der Waals surface area (Å²) in [7, 11) is 1.78. The molecule has 0 saturated carbocycles. The zero-order valence-electron chi connectivity index (χ0n) is 12.9. The maximum Gasteiger partial charge on any atom is 0.255 e. The Morgan fingerprint density at radius 3 is 2.71 bits per heavy atom. The van der Waals surface area contributed by atoms with Crippen LogP contribution in [0.1, 0.15) is 10.4 Å². The van der Waals surface area contributed by atoms with Gasteiger partial charge in [0.15, 0.2) is 5.82 Å². The second kappa shape index (κ2) is 5.62. The van der Waals surface area contributed by atoms with E-state index in [1.54, 1.807) is 11.7 Å². The third-order valence-corrected chi connectivity index (χ3v) is 3.84. The topological polar surface area (TPSA) is 88.5 Å². The number of fused-ring (bicyclic) bond motifs is 1. The summed E-state index contributed by atoms with van der Waals surface area (Å²) in [6, 6.07) is 14.9. The van der Waals surface area contributed by atoms with Crippen LogP contribution in [0.15, 0.2) is 54.7 Å². The monoisotopic (exact) mass is 318 g/mol. The van der Waals surface area contributed by atoms with E-state index in [1.807, 2.05) is 54.7 Å². The van der Waals surface area contributed by atoms with Gasteiger partial charge >= 0.3 is 0 Å². The number of anilines is 1. The number of nitrogens with one attached hydrogen (secondary N) is 2. The number of amides is 1. The predicted octanol–water partition coefficient (Wildman–Crippen LogP) is 2.61. The van der Waals surface area contributed by atoms with Crippen molar-refractivity contribution in [3.8, 4) is 11.4 Å². The smallest absolute Gasteiger partial charge is 0.255 e. The summed E-state index contributed by atoms with van der Waals surface area (Å²) in [5.74, 6) is 0.518. The molecule has 1 amide bonds. The van der Waals surface area contributed by atoms with Gasteiger partial charge in [0.2, 0.25) is 0 Å². The molecule has 0 fully saturated rings. The molecule has 2 N–H and O–H groups in total. The summed E-state index contributed by atoms with van der Waals surface area (Å²) >= 11 is 0. The molecule has 0 atom stereocenters. The first-order valence-corrected chi connectivity index (χ1v) is 7.42. The molecule has 7 nitrogen and oxygen atoms in total. The normalized spacial score (nSPS) is 10.9. The molecule has 7 heteroatoms. The fourth-order valence-corrected chi connectivity index (χ4v) is 2.57. The number of carbonyl (C=O) groups excluding carboxylic acids is 1. The van der Waals surface area contributed by atoms with Crippen molar-refractivity contribution in [2.24, 2.45) is 7.05 Å². The van der Waals surface area contributed by atoms with Crippen molar-refractivity contribution in [3.63, 3.8) is 0 Å². The molecule has 2 heterocycles. The first-order chi connectivity index (χ1) is 11.7. The van der Waals surface area contributed by atoms with E-state index < -0.39 is 0 Å². The molecule has 0 radical (unpaired) electrons. The summed E-state index contributed by atoms with van der Waals surface area (Å²) in [5.41, 5.74) is 3.14. The molecule has 2 aromatic heterocycles. The summed E-state index contributed by atoms with van der Waals surface area (Å²) < 4.78 is 1.60. The Kier molecular flexibility index (Phi) is 3.31. The Morgan fingerprint density at radius 2 is 1.96 bits per heavy atom. The van der Waals surface area contributed by atoms with Gasteiger partial charge in [0.05, 0.1) is 0 Å². The van der Waals surface area contributed by atoms with Crippen LogP contribution in [0.5, 0.6) is 0 Å². The minimum atomic E-state index is -0.153. The highest BCUT2D eigenvalue weighted by molar-refractivity contribution is 6.06. The van der Waals surface area contributed by atoms with Gasteiger partial charge in [0.25, 0.3) is 5.91 Å². The van der Waals surface area contributed by atoms with Crippen LogP contribution in [0, 0.1) is 0 Å². The Morgan fingerprint density at radius 1 is 1.12 bits per heavy atom. The van der Waals surface area contributed by atoms with Crippen molar-refractivity contribution >= 4 is 22.5 Å². The van der Waals surface area contributed by atoms with Crippen LogP contribution >= 0.6 is 0 Å². The van der Waals surface area contributed by atoms with Crippen LogP contribution in [-0.4, -0.2) is 31.1 Å². The maximum absolute atomic E-state index is 12.4. The molecule has 2 aromatic carbocycles. The van der Waals surface area contributed by atoms with E-state index in [4.69, 9.17) is 0 Å². The molecule has 0 aliphatic carbocycles. The first-order valence-electron chi connectivity index (χ1n) is 7.42. The second-order valence-corrected chi connectivity index (χ2v) is 5.44. The van der Waals surface area contributed by atoms with Gasteiger partial charge in [-0.05, 0) is 58.3 Å². The molecular weight excluding hydrogens is 304 g/mol. The van der Waals surface area contributed by atoms with Crippen molar-refractivity contribution in [2.45, 2.75) is 0 Å². The second-order valence-electron chi connectivity index (χ2n) is 5.44. The van der Waals surface area contributed by atoms with Crippen LogP contribution in [0.3, 0.4) is 0 Å². The molecule has 24 heavy (non-hydrogen) atoms. The van der Waals surface area contributed by atoms with Gasteiger partial charge < -0.3 is 10.3 Å². The highest BCUT2D eigenvalue weighted by Crippen LogP contribution is 2.19. The van der Waals surface area contributed by atoms with Crippen LogP contribution in [0.4, 0.5) is 5.69 Å². The largest absolute Gasteiger partial charge is 0.361 e. The van der Waals surface area contributed by atoms with E-state index in [1.165, 1.54) is 0 Å². The maximum atomic E-state index is 12.4. The number of carbonyl (C=O) groups is 1. The van der Waals surface area contributed by atoms with Gasteiger partial charge in [0.1, 0.15) is 0 Å². The number of rotatable bonds is 3. The number of hydrogen-bond donors (Lipinski definition) is 2. The molecule has 118 valence electrons. The molecule has 4 aromatic rings. The number of aromatic nitrogens is 5.